The SMILES string of the molecule is CC(C)OC(CCCCCc1ccccc1)C(=O)N1CCC[C@H]1C=O. The summed E-state index contributed by atoms with van der Waals surface area (Å²) in [7, 11) is 0. The maximum absolute atomic E-state index is 12.8. The first-order valence-corrected chi connectivity index (χ1v) is 9.57. The van der Waals surface area contributed by atoms with Crippen molar-refractivity contribution < 1.29 is 14.3 Å². The lowest BCUT2D eigenvalue weighted by molar-refractivity contribution is -0.149. The van der Waals surface area contributed by atoms with Crippen LogP contribution in [0.2, 0.25) is 0 Å². The number of unbranched alkanes of at least 4 members (excludes halogenated alkanes) is 2. The number of hydrogen-bond donors (Lipinski definition) is 0. The van der Waals surface area contributed by atoms with Crippen molar-refractivity contribution >= 4 is 12.2 Å². The van der Waals surface area contributed by atoms with Gasteiger partial charge in [0.1, 0.15) is 12.4 Å². The molecule has 1 fully saturated rings. The van der Waals surface area contributed by atoms with Crippen LogP contribution in [0, 0.1) is 0 Å². The highest BCUT2D eigenvalue weighted by molar-refractivity contribution is 5.84. The van der Waals surface area contributed by atoms with Crippen molar-refractivity contribution in [2.75, 3.05) is 6.54 Å². The molecule has 0 radical (unpaired) electrons. The number of amides is 1. The Morgan fingerprint density at radius 2 is 2.00 bits per heavy atom. The van der Waals surface area contributed by atoms with Crippen LogP contribution in [0.15, 0.2) is 30.3 Å². The number of carbonyl (C=O) groups is 2. The Labute approximate surface area is 151 Å². The van der Waals surface area contributed by atoms with Gasteiger partial charge < -0.3 is 14.4 Å². The van der Waals surface area contributed by atoms with Gasteiger partial charge in [-0.25, -0.2) is 0 Å². The van der Waals surface area contributed by atoms with Crippen LogP contribution in [0.5, 0.6) is 0 Å². The lowest BCUT2D eigenvalue weighted by Gasteiger charge is -2.27. The van der Waals surface area contributed by atoms with Crippen molar-refractivity contribution in [2.45, 2.75) is 77.0 Å². The maximum Gasteiger partial charge on any atom is 0.252 e. The third-order valence-electron chi connectivity index (χ3n) is 4.73. The molecule has 4 heteroatoms. The van der Waals surface area contributed by atoms with E-state index in [9.17, 15) is 9.59 Å². The van der Waals surface area contributed by atoms with Crippen LogP contribution in [0.25, 0.3) is 0 Å². The predicted octanol–water partition coefficient (Wildman–Crippen LogP) is 3.77. The second kappa shape index (κ2) is 10.3. The topological polar surface area (TPSA) is 46.6 Å². The molecule has 0 N–H and O–H groups in total. The molecule has 0 spiro atoms. The van der Waals surface area contributed by atoms with Crippen LogP contribution in [-0.2, 0) is 20.7 Å². The van der Waals surface area contributed by atoms with Gasteiger partial charge in [0.25, 0.3) is 5.91 Å². The fourth-order valence-corrected chi connectivity index (χ4v) is 3.45. The van der Waals surface area contributed by atoms with Crippen molar-refractivity contribution in [2.24, 2.45) is 0 Å². The summed E-state index contributed by atoms with van der Waals surface area (Å²) in [4.78, 5) is 25.7. The van der Waals surface area contributed by atoms with Gasteiger partial charge in [-0.2, -0.15) is 0 Å². The van der Waals surface area contributed by atoms with E-state index in [1.165, 1.54) is 5.56 Å². The Kier molecular flexibility index (Phi) is 8.13. The Balaban J connectivity index is 1.79. The normalized spacial score (nSPS) is 18.5. The summed E-state index contributed by atoms with van der Waals surface area (Å²) in [6.45, 7) is 4.59. The first-order valence-electron chi connectivity index (χ1n) is 9.57. The van der Waals surface area contributed by atoms with Crippen LogP contribution in [0.4, 0.5) is 0 Å². The highest BCUT2D eigenvalue weighted by atomic mass is 16.5. The Hall–Kier alpha value is -1.68. The molecule has 0 aromatic heterocycles. The van der Waals surface area contributed by atoms with Crippen LogP contribution in [0.1, 0.15) is 57.9 Å². The number of likely N-dealkylation sites (tertiary alicyclic amines) is 1. The van der Waals surface area contributed by atoms with Gasteiger partial charge in [0, 0.05) is 6.54 Å². The third kappa shape index (κ3) is 6.28. The summed E-state index contributed by atoms with van der Waals surface area (Å²) in [5.41, 5.74) is 1.36. The quantitative estimate of drug-likeness (QED) is 0.479. The standard InChI is InChI=1S/C21H31NO3/c1-17(2)25-20(21(24)22-15-9-13-19(22)16-23)14-8-4-7-12-18-10-5-3-6-11-18/h3,5-6,10-11,16-17,19-20H,4,7-9,12-15H2,1-2H3/t19-,20?/m0/s1. The lowest BCUT2D eigenvalue weighted by atomic mass is 10.0. The molecule has 2 rings (SSSR count). The largest absolute Gasteiger partial charge is 0.366 e. The second-order valence-corrected chi connectivity index (χ2v) is 7.14. The summed E-state index contributed by atoms with van der Waals surface area (Å²) in [6, 6.07) is 10.2. The Morgan fingerprint density at radius 1 is 1.24 bits per heavy atom. The van der Waals surface area contributed by atoms with Crippen molar-refractivity contribution in [3.05, 3.63) is 35.9 Å². The monoisotopic (exact) mass is 345 g/mol. The molecule has 1 saturated heterocycles. The van der Waals surface area contributed by atoms with E-state index in [2.05, 4.69) is 24.3 Å². The van der Waals surface area contributed by atoms with E-state index in [1.807, 2.05) is 19.9 Å². The van der Waals surface area contributed by atoms with Crippen molar-refractivity contribution in [1.29, 1.82) is 0 Å². The average Bonchev–Trinajstić information content (AvgIpc) is 3.09. The summed E-state index contributed by atoms with van der Waals surface area (Å²) in [5, 5.41) is 0. The first-order chi connectivity index (χ1) is 12.1. The maximum atomic E-state index is 12.8. The molecular formula is C21H31NO3. The molecule has 1 heterocycles. The zero-order valence-electron chi connectivity index (χ0n) is 15.5. The van der Waals surface area contributed by atoms with Gasteiger partial charge >= 0.3 is 0 Å². The molecule has 1 aromatic carbocycles. The summed E-state index contributed by atoms with van der Waals surface area (Å²) in [6.07, 6.45) is 7.14. The molecule has 0 bridgehead atoms. The van der Waals surface area contributed by atoms with Gasteiger partial charge in [0.05, 0.1) is 12.1 Å². The van der Waals surface area contributed by atoms with Crippen molar-refractivity contribution in [1.82, 2.24) is 4.90 Å². The molecule has 138 valence electrons. The number of rotatable bonds is 10. The number of hydrogen-bond acceptors (Lipinski definition) is 3. The summed E-state index contributed by atoms with van der Waals surface area (Å²) < 4.78 is 5.88. The van der Waals surface area contributed by atoms with E-state index in [4.69, 9.17) is 4.74 Å². The summed E-state index contributed by atoms with van der Waals surface area (Å²) in [5.74, 6) is -0.00800. The first kappa shape index (κ1) is 19.6. The molecule has 2 atom stereocenters. The predicted molar refractivity (Wildman–Crippen MR) is 99.4 cm³/mol. The number of benzene rings is 1. The van der Waals surface area contributed by atoms with E-state index < -0.39 is 6.10 Å². The van der Waals surface area contributed by atoms with E-state index in [0.717, 1.165) is 51.2 Å². The molecule has 25 heavy (non-hydrogen) atoms. The van der Waals surface area contributed by atoms with Crippen LogP contribution in [0.3, 0.4) is 0 Å². The van der Waals surface area contributed by atoms with E-state index in [-0.39, 0.29) is 18.1 Å². The number of aryl methyl sites for hydroxylation is 1. The van der Waals surface area contributed by atoms with Gasteiger partial charge in [-0.1, -0.05) is 43.2 Å². The number of carbonyl (C=O) groups excluding carboxylic acids is 2. The van der Waals surface area contributed by atoms with Crippen molar-refractivity contribution in [3.8, 4) is 0 Å². The molecule has 4 nitrogen and oxygen atoms in total. The van der Waals surface area contributed by atoms with E-state index >= 15 is 0 Å². The van der Waals surface area contributed by atoms with Gasteiger partial charge in [0.15, 0.2) is 0 Å². The van der Waals surface area contributed by atoms with Gasteiger partial charge in [0.2, 0.25) is 0 Å². The smallest absolute Gasteiger partial charge is 0.252 e. The molecule has 1 amide bonds. The highest BCUT2D eigenvalue weighted by Gasteiger charge is 2.33. The average molecular weight is 345 g/mol. The number of aldehydes is 1. The zero-order chi connectivity index (χ0) is 18.1. The second-order valence-electron chi connectivity index (χ2n) is 7.14. The van der Waals surface area contributed by atoms with Gasteiger partial charge in [-0.3, -0.25) is 4.79 Å². The van der Waals surface area contributed by atoms with Crippen LogP contribution < -0.4 is 0 Å². The van der Waals surface area contributed by atoms with Gasteiger partial charge in [-0.05, 0) is 51.5 Å². The molecule has 1 aromatic rings. The third-order valence-corrected chi connectivity index (χ3v) is 4.73. The minimum atomic E-state index is -0.419. The minimum absolute atomic E-state index is 0.00800. The Bertz CT molecular complexity index is 529. The number of nitrogens with zero attached hydrogens (tertiary/aromatic N) is 1. The van der Waals surface area contributed by atoms with Crippen molar-refractivity contribution in [3.63, 3.8) is 0 Å². The minimum Gasteiger partial charge on any atom is -0.366 e. The van der Waals surface area contributed by atoms with E-state index in [1.54, 1.807) is 4.90 Å². The highest BCUT2D eigenvalue weighted by Crippen LogP contribution is 2.20. The Morgan fingerprint density at radius 3 is 2.68 bits per heavy atom. The molecule has 1 aliphatic rings. The fourth-order valence-electron chi connectivity index (χ4n) is 3.45. The van der Waals surface area contributed by atoms with Crippen LogP contribution in [-0.4, -0.2) is 41.9 Å². The molecule has 1 unspecified atom stereocenters. The van der Waals surface area contributed by atoms with Gasteiger partial charge in [-0.15, -0.1) is 0 Å². The molecule has 0 aliphatic carbocycles. The lowest BCUT2D eigenvalue weighted by Crippen LogP contribution is -2.44. The molecule has 0 saturated carbocycles. The van der Waals surface area contributed by atoms with Crippen LogP contribution >= 0.6 is 0 Å². The summed E-state index contributed by atoms with van der Waals surface area (Å²) >= 11 is 0. The molecular weight excluding hydrogens is 314 g/mol. The fraction of sp³-hybridized carbons (Fsp3) is 0.619. The zero-order valence-corrected chi connectivity index (χ0v) is 15.5. The number of ether oxygens (including phenoxy) is 1. The van der Waals surface area contributed by atoms with E-state index in [0.29, 0.717) is 6.54 Å². The molecule has 1 aliphatic heterocycles.